The van der Waals surface area contributed by atoms with E-state index in [0.717, 1.165) is 12.8 Å². The molecule has 5 heteroatoms. The smallest absolute Gasteiger partial charge is 0.220 e. The third-order valence-corrected chi connectivity index (χ3v) is 4.16. The number of rotatable bonds is 8. The quantitative estimate of drug-likeness (QED) is 0.748. The van der Waals surface area contributed by atoms with Crippen LogP contribution in [-0.2, 0) is 20.7 Å². The SMILES string of the molecule is CC(C)(CCCNC(=O)CCc1ccccc1F)C1OCCO1. The van der Waals surface area contributed by atoms with Gasteiger partial charge in [-0.1, -0.05) is 32.0 Å². The first kappa shape index (κ1) is 17.9. The van der Waals surface area contributed by atoms with E-state index in [1.54, 1.807) is 18.2 Å². The molecule has 1 fully saturated rings. The van der Waals surface area contributed by atoms with Crippen molar-refractivity contribution in [3.05, 3.63) is 35.6 Å². The van der Waals surface area contributed by atoms with E-state index in [0.29, 0.717) is 38.2 Å². The van der Waals surface area contributed by atoms with Gasteiger partial charge in [-0.05, 0) is 30.9 Å². The van der Waals surface area contributed by atoms with E-state index in [1.807, 2.05) is 0 Å². The highest BCUT2D eigenvalue weighted by atomic mass is 19.1. The molecule has 1 aliphatic heterocycles. The molecule has 2 rings (SSSR count). The number of hydrogen-bond acceptors (Lipinski definition) is 3. The van der Waals surface area contributed by atoms with Crippen molar-refractivity contribution in [2.75, 3.05) is 19.8 Å². The molecule has 1 N–H and O–H groups in total. The Morgan fingerprint density at radius 1 is 1.30 bits per heavy atom. The molecule has 1 aromatic rings. The number of halogens is 1. The first-order chi connectivity index (χ1) is 11.0. The average molecular weight is 323 g/mol. The molecule has 0 bridgehead atoms. The fourth-order valence-corrected chi connectivity index (χ4v) is 2.74. The number of carbonyl (C=O) groups is 1. The molecule has 128 valence electrons. The summed E-state index contributed by atoms with van der Waals surface area (Å²) in [5, 5.41) is 2.89. The lowest BCUT2D eigenvalue weighted by Gasteiger charge is -2.29. The van der Waals surface area contributed by atoms with Gasteiger partial charge in [-0.15, -0.1) is 0 Å². The van der Waals surface area contributed by atoms with Crippen LogP contribution in [0.5, 0.6) is 0 Å². The minimum atomic E-state index is -0.251. The van der Waals surface area contributed by atoms with Crippen LogP contribution in [0.15, 0.2) is 24.3 Å². The second kappa shape index (κ2) is 8.41. The normalized spacial score (nSPS) is 15.8. The zero-order chi connectivity index (χ0) is 16.7. The molecule has 0 radical (unpaired) electrons. The fourth-order valence-electron chi connectivity index (χ4n) is 2.74. The van der Waals surface area contributed by atoms with Gasteiger partial charge in [0.1, 0.15) is 5.82 Å². The van der Waals surface area contributed by atoms with Crippen LogP contribution in [-0.4, -0.2) is 32.0 Å². The van der Waals surface area contributed by atoms with Gasteiger partial charge in [0, 0.05) is 18.4 Å². The number of ether oxygens (including phenoxy) is 2. The predicted octanol–water partition coefficient (Wildman–Crippen LogP) is 3.05. The largest absolute Gasteiger partial charge is 0.356 e. The van der Waals surface area contributed by atoms with Crippen molar-refractivity contribution in [1.29, 1.82) is 0 Å². The predicted molar refractivity (Wildman–Crippen MR) is 86.4 cm³/mol. The lowest BCUT2D eigenvalue weighted by molar-refractivity contribution is -0.124. The second-order valence-electron chi connectivity index (χ2n) is 6.61. The van der Waals surface area contributed by atoms with E-state index in [1.165, 1.54) is 6.07 Å². The molecule has 0 unspecified atom stereocenters. The van der Waals surface area contributed by atoms with Gasteiger partial charge in [-0.3, -0.25) is 4.79 Å². The summed E-state index contributed by atoms with van der Waals surface area (Å²) in [7, 11) is 0. The maximum Gasteiger partial charge on any atom is 0.220 e. The maximum atomic E-state index is 13.5. The van der Waals surface area contributed by atoms with E-state index in [9.17, 15) is 9.18 Å². The van der Waals surface area contributed by atoms with Crippen molar-refractivity contribution in [2.24, 2.45) is 5.41 Å². The zero-order valence-electron chi connectivity index (χ0n) is 13.9. The van der Waals surface area contributed by atoms with Gasteiger partial charge in [-0.25, -0.2) is 4.39 Å². The summed E-state index contributed by atoms with van der Waals surface area (Å²) in [6.07, 6.45) is 2.35. The minimum Gasteiger partial charge on any atom is -0.356 e. The molecule has 0 spiro atoms. The summed E-state index contributed by atoms with van der Waals surface area (Å²) in [5.41, 5.74) is 0.522. The lowest BCUT2D eigenvalue weighted by Crippen LogP contribution is -2.32. The average Bonchev–Trinajstić information content (AvgIpc) is 3.06. The molecule has 0 aromatic heterocycles. The molecule has 1 aromatic carbocycles. The molecule has 1 heterocycles. The Hall–Kier alpha value is -1.46. The number of amides is 1. The number of nitrogens with one attached hydrogen (secondary N) is 1. The molecule has 0 aliphatic carbocycles. The van der Waals surface area contributed by atoms with Crippen molar-refractivity contribution in [2.45, 2.75) is 45.8 Å². The molecule has 1 amide bonds. The minimum absolute atomic E-state index is 0.0422. The summed E-state index contributed by atoms with van der Waals surface area (Å²) in [6.45, 7) is 6.15. The van der Waals surface area contributed by atoms with Gasteiger partial charge in [0.2, 0.25) is 5.91 Å². The lowest BCUT2D eigenvalue weighted by atomic mass is 9.87. The van der Waals surface area contributed by atoms with Gasteiger partial charge >= 0.3 is 0 Å². The van der Waals surface area contributed by atoms with E-state index in [-0.39, 0.29) is 23.4 Å². The molecule has 0 atom stereocenters. The van der Waals surface area contributed by atoms with E-state index in [2.05, 4.69) is 19.2 Å². The molecule has 1 aliphatic rings. The fraction of sp³-hybridized carbons (Fsp3) is 0.611. The van der Waals surface area contributed by atoms with Crippen LogP contribution in [0.2, 0.25) is 0 Å². The summed E-state index contributed by atoms with van der Waals surface area (Å²) >= 11 is 0. The van der Waals surface area contributed by atoms with Gasteiger partial charge < -0.3 is 14.8 Å². The number of hydrogen-bond donors (Lipinski definition) is 1. The topological polar surface area (TPSA) is 47.6 Å². The van der Waals surface area contributed by atoms with Crippen LogP contribution in [0, 0.1) is 11.2 Å². The van der Waals surface area contributed by atoms with Gasteiger partial charge in [0.15, 0.2) is 6.29 Å². The second-order valence-corrected chi connectivity index (χ2v) is 6.61. The standard InChI is InChI=1S/C18H26FNO3/c1-18(2,17-22-12-13-23-17)10-5-11-20-16(21)9-8-14-6-3-4-7-15(14)19/h3-4,6-7,17H,5,8-13H2,1-2H3,(H,20,21). The Morgan fingerprint density at radius 3 is 2.70 bits per heavy atom. The third kappa shape index (κ3) is 5.59. The molecular formula is C18H26FNO3. The van der Waals surface area contributed by atoms with E-state index >= 15 is 0 Å². The first-order valence-electron chi connectivity index (χ1n) is 8.22. The van der Waals surface area contributed by atoms with Crippen molar-refractivity contribution in [3.63, 3.8) is 0 Å². The van der Waals surface area contributed by atoms with Crippen molar-refractivity contribution in [1.82, 2.24) is 5.32 Å². The van der Waals surface area contributed by atoms with E-state index in [4.69, 9.17) is 9.47 Å². The highest BCUT2D eigenvalue weighted by Gasteiger charge is 2.33. The Bertz CT molecular complexity index is 513. The van der Waals surface area contributed by atoms with Crippen molar-refractivity contribution in [3.8, 4) is 0 Å². The van der Waals surface area contributed by atoms with Gasteiger partial charge in [-0.2, -0.15) is 0 Å². The van der Waals surface area contributed by atoms with Crippen LogP contribution < -0.4 is 5.32 Å². The van der Waals surface area contributed by atoms with Crippen LogP contribution in [0.25, 0.3) is 0 Å². The van der Waals surface area contributed by atoms with Crippen molar-refractivity contribution < 1.29 is 18.7 Å². The third-order valence-electron chi connectivity index (χ3n) is 4.16. The number of carbonyl (C=O) groups excluding carboxylic acids is 1. The Morgan fingerprint density at radius 2 is 2.00 bits per heavy atom. The summed E-state index contributed by atoms with van der Waals surface area (Å²) in [4.78, 5) is 11.8. The van der Waals surface area contributed by atoms with Crippen LogP contribution >= 0.6 is 0 Å². The van der Waals surface area contributed by atoms with Gasteiger partial charge in [0.25, 0.3) is 0 Å². The zero-order valence-corrected chi connectivity index (χ0v) is 13.9. The summed E-state index contributed by atoms with van der Waals surface area (Å²) in [6, 6.07) is 6.57. The van der Waals surface area contributed by atoms with Crippen LogP contribution in [0.1, 0.15) is 38.7 Å². The van der Waals surface area contributed by atoms with E-state index < -0.39 is 0 Å². The Balaban J connectivity index is 1.62. The van der Waals surface area contributed by atoms with Crippen LogP contribution in [0.3, 0.4) is 0 Å². The van der Waals surface area contributed by atoms with Crippen molar-refractivity contribution >= 4 is 5.91 Å². The highest BCUT2D eigenvalue weighted by molar-refractivity contribution is 5.76. The maximum absolute atomic E-state index is 13.5. The number of benzene rings is 1. The monoisotopic (exact) mass is 323 g/mol. The molecular weight excluding hydrogens is 297 g/mol. The number of aryl methyl sites for hydroxylation is 1. The van der Waals surface area contributed by atoms with Crippen LogP contribution in [0.4, 0.5) is 4.39 Å². The Labute approximate surface area is 137 Å². The Kier molecular flexibility index (Phi) is 6.54. The summed E-state index contributed by atoms with van der Waals surface area (Å²) in [5.74, 6) is -0.293. The summed E-state index contributed by atoms with van der Waals surface area (Å²) < 4.78 is 24.6. The first-order valence-corrected chi connectivity index (χ1v) is 8.22. The molecule has 23 heavy (non-hydrogen) atoms. The highest BCUT2D eigenvalue weighted by Crippen LogP contribution is 2.31. The molecule has 1 saturated heterocycles. The molecule has 4 nitrogen and oxygen atoms in total. The molecule has 0 saturated carbocycles. The van der Waals surface area contributed by atoms with Gasteiger partial charge in [0.05, 0.1) is 13.2 Å².